The maximum Gasteiger partial charge on any atom is 0.338 e. The smallest absolute Gasteiger partial charge is 0.338 e. The zero-order chi connectivity index (χ0) is 21.1. The highest BCUT2D eigenvalue weighted by Crippen LogP contribution is 2.45. The van der Waals surface area contributed by atoms with Gasteiger partial charge in [-0.15, -0.1) is 11.8 Å². The molecule has 0 bridgehead atoms. The number of esters is 2. The van der Waals surface area contributed by atoms with E-state index in [4.69, 9.17) is 9.47 Å². The lowest BCUT2D eigenvalue weighted by molar-refractivity contribution is -0.131. The van der Waals surface area contributed by atoms with Crippen LogP contribution in [0.2, 0.25) is 0 Å². The fraction of sp³-hybridized carbons (Fsp3) is 0.250. The van der Waals surface area contributed by atoms with Gasteiger partial charge in [0.05, 0.1) is 0 Å². The van der Waals surface area contributed by atoms with E-state index in [0.717, 1.165) is 27.7 Å². The summed E-state index contributed by atoms with van der Waals surface area (Å²) < 4.78 is 11.5. The van der Waals surface area contributed by atoms with Gasteiger partial charge in [0, 0.05) is 39.5 Å². The molecule has 0 unspecified atom stereocenters. The Labute approximate surface area is 175 Å². The molecule has 0 atom stereocenters. The van der Waals surface area contributed by atoms with Crippen LogP contribution in [0.15, 0.2) is 59.6 Å². The third kappa shape index (κ3) is 4.30. The standard InChI is InChI=1S/C24H24O4S/c1-6-29-16-11-12-19-20(13-16)22(28-24(26)15(4)5)18-10-8-7-9-17(18)21(19)27-23(25)14(2)3/h7-11H,2,4,6,12-13H2,1,3,5H3. The second kappa shape index (κ2) is 8.70. The monoisotopic (exact) mass is 408 g/mol. The zero-order valence-corrected chi connectivity index (χ0v) is 17.8. The van der Waals surface area contributed by atoms with Crippen LogP contribution in [0.4, 0.5) is 0 Å². The topological polar surface area (TPSA) is 52.6 Å². The number of carbonyl (C=O) groups excluding carboxylic acids is 2. The third-order valence-corrected chi connectivity index (χ3v) is 5.60. The van der Waals surface area contributed by atoms with Crippen LogP contribution in [-0.4, -0.2) is 17.7 Å². The van der Waals surface area contributed by atoms with Gasteiger partial charge in [0.2, 0.25) is 0 Å². The van der Waals surface area contributed by atoms with E-state index in [1.807, 2.05) is 24.3 Å². The molecule has 0 saturated heterocycles. The van der Waals surface area contributed by atoms with E-state index in [1.54, 1.807) is 25.6 Å². The molecule has 0 radical (unpaired) electrons. The maximum absolute atomic E-state index is 12.4. The first-order valence-electron chi connectivity index (χ1n) is 9.47. The van der Waals surface area contributed by atoms with Crippen molar-refractivity contribution >= 4 is 34.5 Å². The fourth-order valence-electron chi connectivity index (χ4n) is 3.23. The van der Waals surface area contributed by atoms with E-state index < -0.39 is 11.9 Å². The minimum Gasteiger partial charge on any atom is -0.422 e. The SMILES string of the molecule is C=C(C)C(=O)Oc1c2c(c(OC(=O)C(=C)C)c3ccccc13)CC(SCC)=CC2. The van der Waals surface area contributed by atoms with Gasteiger partial charge in [0.25, 0.3) is 0 Å². The third-order valence-electron chi connectivity index (χ3n) is 4.63. The average molecular weight is 409 g/mol. The summed E-state index contributed by atoms with van der Waals surface area (Å²) in [6, 6.07) is 7.49. The van der Waals surface area contributed by atoms with Gasteiger partial charge in [0.1, 0.15) is 11.5 Å². The van der Waals surface area contributed by atoms with E-state index in [-0.39, 0.29) is 0 Å². The number of benzene rings is 2. The normalized spacial score (nSPS) is 12.7. The Hall–Kier alpha value is -2.79. The highest BCUT2D eigenvalue weighted by Gasteiger charge is 2.27. The summed E-state index contributed by atoms with van der Waals surface area (Å²) in [7, 11) is 0. The molecule has 2 aromatic rings. The molecule has 0 amide bonds. The summed E-state index contributed by atoms with van der Waals surface area (Å²) in [5.41, 5.74) is 2.40. The molecule has 1 aliphatic rings. The van der Waals surface area contributed by atoms with E-state index in [9.17, 15) is 9.59 Å². The van der Waals surface area contributed by atoms with Crippen LogP contribution in [0.3, 0.4) is 0 Å². The Morgan fingerprint density at radius 2 is 1.48 bits per heavy atom. The molecule has 5 heteroatoms. The summed E-state index contributed by atoms with van der Waals surface area (Å²) in [5, 5.41) is 1.46. The predicted molar refractivity (Wildman–Crippen MR) is 118 cm³/mol. The maximum atomic E-state index is 12.4. The number of allylic oxidation sites excluding steroid dienone is 2. The van der Waals surface area contributed by atoms with Crippen molar-refractivity contribution < 1.29 is 19.1 Å². The van der Waals surface area contributed by atoms with Gasteiger partial charge >= 0.3 is 11.9 Å². The molecule has 1 aliphatic carbocycles. The van der Waals surface area contributed by atoms with Crippen LogP contribution in [0, 0.1) is 0 Å². The molecule has 0 aromatic heterocycles. The van der Waals surface area contributed by atoms with Crippen molar-refractivity contribution in [2.24, 2.45) is 0 Å². The first kappa shape index (κ1) is 20.9. The van der Waals surface area contributed by atoms with Crippen LogP contribution < -0.4 is 9.47 Å². The van der Waals surface area contributed by atoms with Crippen molar-refractivity contribution in [2.45, 2.75) is 33.6 Å². The summed E-state index contributed by atoms with van der Waals surface area (Å²) in [4.78, 5) is 25.9. The van der Waals surface area contributed by atoms with Crippen LogP contribution >= 0.6 is 11.8 Å². The van der Waals surface area contributed by atoms with Crippen LogP contribution in [-0.2, 0) is 22.4 Å². The average Bonchev–Trinajstić information content (AvgIpc) is 2.70. The van der Waals surface area contributed by atoms with Crippen molar-refractivity contribution in [2.75, 3.05) is 5.75 Å². The molecular weight excluding hydrogens is 384 g/mol. The lowest BCUT2D eigenvalue weighted by atomic mass is 9.90. The zero-order valence-electron chi connectivity index (χ0n) is 17.0. The van der Waals surface area contributed by atoms with Crippen molar-refractivity contribution in [3.05, 3.63) is 70.7 Å². The lowest BCUT2D eigenvalue weighted by Crippen LogP contribution is -2.16. The Morgan fingerprint density at radius 1 is 0.966 bits per heavy atom. The van der Waals surface area contributed by atoms with E-state index in [2.05, 4.69) is 26.2 Å². The minimum atomic E-state index is -0.471. The van der Waals surface area contributed by atoms with Gasteiger partial charge in [-0.05, 0) is 30.9 Å². The Balaban J connectivity index is 2.26. The Bertz CT molecular complexity index is 1060. The summed E-state index contributed by atoms with van der Waals surface area (Å²) in [6.07, 6.45) is 3.36. The van der Waals surface area contributed by atoms with Gasteiger partial charge < -0.3 is 9.47 Å². The van der Waals surface area contributed by atoms with Crippen molar-refractivity contribution in [1.29, 1.82) is 0 Å². The highest BCUT2D eigenvalue weighted by molar-refractivity contribution is 8.03. The first-order valence-corrected chi connectivity index (χ1v) is 10.5. The van der Waals surface area contributed by atoms with Crippen LogP contribution in [0.1, 0.15) is 31.9 Å². The van der Waals surface area contributed by atoms with Gasteiger partial charge in [-0.1, -0.05) is 50.4 Å². The number of hydrogen-bond donors (Lipinski definition) is 0. The molecular formula is C24H24O4S. The van der Waals surface area contributed by atoms with Crippen molar-refractivity contribution in [3.63, 3.8) is 0 Å². The highest BCUT2D eigenvalue weighted by atomic mass is 32.2. The predicted octanol–water partition coefficient (Wildman–Crippen LogP) is 5.54. The molecule has 29 heavy (non-hydrogen) atoms. The summed E-state index contributed by atoms with van der Waals surface area (Å²) in [5.74, 6) is 1.04. The van der Waals surface area contributed by atoms with Gasteiger partial charge in [-0.2, -0.15) is 0 Å². The molecule has 2 aromatic carbocycles. The van der Waals surface area contributed by atoms with Gasteiger partial charge in [0.15, 0.2) is 0 Å². The molecule has 0 spiro atoms. The fourth-order valence-corrected chi connectivity index (χ4v) is 4.05. The number of ether oxygens (including phenoxy) is 2. The van der Waals surface area contributed by atoms with E-state index in [1.165, 1.54) is 4.91 Å². The lowest BCUT2D eigenvalue weighted by Gasteiger charge is -2.24. The van der Waals surface area contributed by atoms with Crippen LogP contribution in [0.5, 0.6) is 11.5 Å². The molecule has 0 heterocycles. The molecule has 0 fully saturated rings. The molecule has 0 saturated carbocycles. The largest absolute Gasteiger partial charge is 0.422 e. The first-order chi connectivity index (χ1) is 13.8. The molecule has 150 valence electrons. The van der Waals surface area contributed by atoms with Crippen molar-refractivity contribution in [3.8, 4) is 11.5 Å². The summed E-state index contributed by atoms with van der Waals surface area (Å²) >= 11 is 1.76. The Morgan fingerprint density at radius 3 is 1.97 bits per heavy atom. The molecule has 0 N–H and O–H groups in total. The second-order valence-corrected chi connectivity index (χ2v) is 8.38. The van der Waals surface area contributed by atoms with E-state index >= 15 is 0 Å². The Kier molecular flexibility index (Phi) is 6.28. The minimum absolute atomic E-state index is 0.328. The van der Waals surface area contributed by atoms with Gasteiger partial charge in [-0.25, -0.2) is 9.59 Å². The molecule has 0 aliphatic heterocycles. The van der Waals surface area contributed by atoms with Crippen molar-refractivity contribution in [1.82, 2.24) is 0 Å². The number of thioether (sulfide) groups is 1. The quantitative estimate of drug-likeness (QED) is 0.357. The number of fused-ring (bicyclic) bond motifs is 2. The number of hydrogen-bond acceptors (Lipinski definition) is 5. The molecule has 4 nitrogen and oxygen atoms in total. The number of rotatable bonds is 6. The second-order valence-electron chi connectivity index (χ2n) is 6.98. The summed E-state index contributed by atoms with van der Waals surface area (Å²) in [6.45, 7) is 12.7. The molecule has 3 rings (SSSR count). The van der Waals surface area contributed by atoms with Crippen LogP contribution in [0.25, 0.3) is 10.8 Å². The van der Waals surface area contributed by atoms with Gasteiger partial charge in [-0.3, -0.25) is 0 Å². The van der Waals surface area contributed by atoms with E-state index in [0.29, 0.717) is 35.5 Å². The number of carbonyl (C=O) groups is 2.